The molecule has 0 bridgehead atoms. The van der Waals surface area contributed by atoms with E-state index in [4.69, 9.17) is 4.98 Å². The second kappa shape index (κ2) is 6.07. The molecule has 1 aliphatic heterocycles. The van der Waals surface area contributed by atoms with Gasteiger partial charge in [0.2, 0.25) is 0 Å². The van der Waals surface area contributed by atoms with Crippen molar-refractivity contribution in [3.63, 3.8) is 0 Å². The average molecular weight is 323 g/mol. The lowest BCUT2D eigenvalue weighted by Gasteiger charge is -2.37. The minimum Gasteiger partial charge on any atom is -0.297 e. The van der Waals surface area contributed by atoms with Crippen LogP contribution >= 0.6 is 11.3 Å². The number of likely N-dealkylation sites (tertiary alicyclic amines) is 1. The Morgan fingerprint density at radius 2 is 1.96 bits per heavy atom. The Morgan fingerprint density at radius 1 is 1.17 bits per heavy atom. The molecular weight excluding hydrogens is 302 g/mol. The van der Waals surface area contributed by atoms with Gasteiger partial charge in [-0.05, 0) is 37.7 Å². The number of benzene rings is 1. The summed E-state index contributed by atoms with van der Waals surface area (Å²) in [6.45, 7) is 2.91. The molecule has 1 fully saturated rings. The van der Waals surface area contributed by atoms with E-state index in [2.05, 4.69) is 23.1 Å². The van der Waals surface area contributed by atoms with Gasteiger partial charge in [0, 0.05) is 18.0 Å². The zero-order valence-electron chi connectivity index (χ0n) is 13.3. The van der Waals surface area contributed by atoms with Crippen LogP contribution in [0.15, 0.2) is 30.3 Å². The number of hydrogen-bond acceptors (Lipinski definition) is 4. The monoisotopic (exact) mass is 323 g/mol. The van der Waals surface area contributed by atoms with Gasteiger partial charge in [-0.3, -0.25) is 4.90 Å². The van der Waals surface area contributed by atoms with Gasteiger partial charge in [0.15, 0.2) is 0 Å². The first kappa shape index (κ1) is 14.9. The third-order valence-corrected chi connectivity index (χ3v) is 6.39. The van der Waals surface area contributed by atoms with Crippen molar-refractivity contribution >= 4 is 11.3 Å². The van der Waals surface area contributed by atoms with E-state index in [1.54, 1.807) is 0 Å². The molecule has 0 radical (unpaired) electrons. The fourth-order valence-electron chi connectivity index (χ4n) is 3.82. The molecule has 0 unspecified atom stereocenters. The molecular formula is C19H21N3S. The second-order valence-corrected chi connectivity index (χ2v) is 7.84. The topological polar surface area (TPSA) is 39.9 Å². The van der Waals surface area contributed by atoms with Gasteiger partial charge in [-0.25, -0.2) is 4.98 Å². The minimum absolute atomic E-state index is 0.303. The molecule has 1 saturated heterocycles. The summed E-state index contributed by atoms with van der Waals surface area (Å²) in [5.41, 5.74) is 2.22. The fraction of sp³-hybridized carbons (Fsp3) is 0.474. The quantitative estimate of drug-likeness (QED) is 0.865. The lowest BCUT2D eigenvalue weighted by molar-refractivity contribution is 0.179. The maximum Gasteiger partial charge on any atom is 0.107 e. The number of hydrogen-bond donors (Lipinski definition) is 0. The van der Waals surface area contributed by atoms with Gasteiger partial charge in [0.05, 0.1) is 23.7 Å². The number of fused-ring (bicyclic) bond motifs is 1. The van der Waals surface area contributed by atoms with Crippen LogP contribution in [0.25, 0.3) is 0 Å². The van der Waals surface area contributed by atoms with Crippen molar-refractivity contribution in [1.29, 1.82) is 5.26 Å². The highest BCUT2D eigenvalue weighted by atomic mass is 32.1. The van der Waals surface area contributed by atoms with Crippen LogP contribution in [0.3, 0.4) is 0 Å². The number of aryl methyl sites for hydroxylation is 2. The van der Waals surface area contributed by atoms with Crippen molar-refractivity contribution in [3.8, 4) is 6.07 Å². The van der Waals surface area contributed by atoms with E-state index in [1.165, 1.54) is 34.0 Å². The molecule has 2 heterocycles. The molecule has 0 saturated carbocycles. The van der Waals surface area contributed by atoms with Crippen LogP contribution in [0.2, 0.25) is 0 Å². The number of piperidine rings is 1. The van der Waals surface area contributed by atoms with Crippen molar-refractivity contribution < 1.29 is 0 Å². The standard InChI is InChI=1S/C19H21N3S/c20-14-19(15-5-2-1-3-6-15)9-11-22(12-10-19)13-18-21-16-7-4-8-17(16)23-18/h1-3,5-6H,4,7-13H2. The molecule has 2 aromatic rings. The van der Waals surface area contributed by atoms with E-state index >= 15 is 0 Å². The van der Waals surface area contributed by atoms with Crippen LogP contribution in [0.4, 0.5) is 0 Å². The number of thiazole rings is 1. The Balaban J connectivity index is 1.43. The molecule has 1 aliphatic carbocycles. The van der Waals surface area contributed by atoms with E-state index in [9.17, 15) is 5.26 Å². The van der Waals surface area contributed by atoms with Gasteiger partial charge in [-0.1, -0.05) is 30.3 Å². The largest absolute Gasteiger partial charge is 0.297 e. The molecule has 3 nitrogen and oxygen atoms in total. The molecule has 2 aliphatic rings. The zero-order valence-corrected chi connectivity index (χ0v) is 14.1. The summed E-state index contributed by atoms with van der Waals surface area (Å²) in [5.74, 6) is 0. The number of nitrogens with zero attached hydrogens (tertiary/aromatic N) is 3. The fourth-order valence-corrected chi connectivity index (χ4v) is 5.02. The lowest BCUT2D eigenvalue weighted by Crippen LogP contribution is -2.41. The molecule has 23 heavy (non-hydrogen) atoms. The van der Waals surface area contributed by atoms with Crippen LogP contribution in [0.5, 0.6) is 0 Å². The van der Waals surface area contributed by atoms with Crippen molar-refractivity contribution in [1.82, 2.24) is 9.88 Å². The van der Waals surface area contributed by atoms with E-state index in [0.717, 1.165) is 38.9 Å². The van der Waals surface area contributed by atoms with Crippen LogP contribution < -0.4 is 0 Å². The Bertz CT molecular complexity index is 699. The van der Waals surface area contributed by atoms with Crippen LogP contribution in [-0.2, 0) is 24.8 Å². The summed E-state index contributed by atoms with van der Waals surface area (Å²) in [5, 5.41) is 11.0. The summed E-state index contributed by atoms with van der Waals surface area (Å²) < 4.78 is 0. The highest BCUT2D eigenvalue weighted by Crippen LogP contribution is 2.36. The lowest BCUT2D eigenvalue weighted by atomic mass is 9.74. The van der Waals surface area contributed by atoms with Gasteiger partial charge in [-0.2, -0.15) is 5.26 Å². The van der Waals surface area contributed by atoms with Gasteiger partial charge in [0.25, 0.3) is 0 Å². The molecule has 118 valence electrons. The van der Waals surface area contributed by atoms with Crippen molar-refractivity contribution in [2.45, 2.75) is 44.1 Å². The molecule has 0 amide bonds. The van der Waals surface area contributed by atoms with Gasteiger partial charge < -0.3 is 0 Å². The number of rotatable bonds is 3. The average Bonchev–Trinajstić information content (AvgIpc) is 3.18. The summed E-state index contributed by atoms with van der Waals surface area (Å²) in [7, 11) is 0. The number of aromatic nitrogens is 1. The molecule has 0 N–H and O–H groups in total. The third-order valence-electron chi connectivity index (χ3n) is 5.25. The molecule has 1 aromatic carbocycles. The maximum absolute atomic E-state index is 9.77. The maximum atomic E-state index is 9.77. The first-order chi connectivity index (χ1) is 11.3. The summed E-state index contributed by atoms with van der Waals surface area (Å²) in [6.07, 6.45) is 5.49. The smallest absolute Gasteiger partial charge is 0.107 e. The Hall–Kier alpha value is -1.70. The first-order valence-electron chi connectivity index (χ1n) is 8.46. The van der Waals surface area contributed by atoms with Crippen LogP contribution in [0.1, 0.15) is 40.4 Å². The van der Waals surface area contributed by atoms with Crippen molar-refractivity contribution in [2.75, 3.05) is 13.1 Å². The summed E-state index contributed by atoms with van der Waals surface area (Å²) in [4.78, 5) is 8.78. The molecule has 4 rings (SSSR count). The van der Waals surface area contributed by atoms with E-state index < -0.39 is 0 Å². The zero-order chi connectivity index (χ0) is 15.7. The normalized spacial score (nSPS) is 20.1. The highest BCUT2D eigenvalue weighted by molar-refractivity contribution is 7.11. The predicted octanol–water partition coefficient (Wildman–Crippen LogP) is 3.69. The van der Waals surface area contributed by atoms with E-state index in [-0.39, 0.29) is 5.41 Å². The molecule has 4 heteroatoms. The second-order valence-electron chi connectivity index (χ2n) is 6.67. The Morgan fingerprint density at radius 3 is 2.65 bits per heavy atom. The van der Waals surface area contributed by atoms with Crippen molar-refractivity contribution in [3.05, 3.63) is 51.5 Å². The molecule has 0 spiro atoms. The van der Waals surface area contributed by atoms with Gasteiger partial charge >= 0.3 is 0 Å². The van der Waals surface area contributed by atoms with Crippen molar-refractivity contribution in [2.24, 2.45) is 0 Å². The third kappa shape index (κ3) is 2.80. The number of nitriles is 1. The molecule has 1 aromatic heterocycles. The Kier molecular flexibility index (Phi) is 3.92. The highest BCUT2D eigenvalue weighted by Gasteiger charge is 2.36. The van der Waals surface area contributed by atoms with Crippen LogP contribution in [0, 0.1) is 11.3 Å². The van der Waals surface area contributed by atoms with Gasteiger partial charge in [0.1, 0.15) is 5.01 Å². The summed E-state index contributed by atoms with van der Waals surface area (Å²) in [6, 6.07) is 12.9. The van der Waals surface area contributed by atoms with E-state index in [0.29, 0.717) is 0 Å². The predicted molar refractivity (Wildman–Crippen MR) is 92.4 cm³/mol. The Labute approximate surface area is 141 Å². The summed E-state index contributed by atoms with van der Waals surface area (Å²) >= 11 is 1.90. The van der Waals surface area contributed by atoms with E-state index in [1.807, 2.05) is 29.5 Å². The first-order valence-corrected chi connectivity index (χ1v) is 9.27. The SMILES string of the molecule is N#CC1(c2ccccc2)CCN(Cc2nc3c(s2)CCC3)CC1. The van der Waals surface area contributed by atoms with Gasteiger partial charge in [-0.15, -0.1) is 11.3 Å². The van der Waals surface area contributed by atoms with Crippen LogP contribution in [-0.4, -0.2) is 23.0 Å². The molecule has 0 atom stereocenters. The minimum atomic E-state index is -0.303.